The minimum Gasteiger partial charge on any atom is -0.241 e. The normalized spacial score (nSPS) is 16.5. The fourth-order valence-corrected chi connectivity index (χ4v) is 4.21. The van der Waals surface area contributed by atoms with Crippen LogP contribution in [0.25, 0.3) is 6.08 Å². The first-order valence-corrected chi connectivity index (χ1v) is 11.8. The molecule has 14 heteroatoms. The number of alkyl halides is 13. The molecular weight excluding hydrogens is 491 g/mol. The van der Waals surface area contributed by atoms with Crippen molar-refractivity contribution >= 4 is 14.1 Å². The predicted octanol–water partition coefficient (Wildman–Crippen LogP) is 7.66. The van der Waals surface area contributed by atoms with Crippen LogP contribution in [-0.4, -0.2) is 49.4 Å². The van der Waals surface area contributed by atoms with E-state index in [9.17, 15) is 57.1 Å². The van der Waals surface area contributed by atoms with Crippen molar-refractivity contribution in [1.82, 2.24) is 0 Å². The van der Waals surface area contributed by atoms with Gasteiger partial charge in [-0.25, -0.2) is 13.2 Å². The van der Waals surface area contributed by atoms with Gasteiger partial charge in [0.15, 0.2) is 14.2 Å². The van der Waals surface area contributed by atoms with E-state index in [4.69, 9.17) is 0 Å². The molecule has 1 unspecified atom stereocenters. The van der Waals surface area contributed by atoms with Gasteiger partial charge in [0.1, 0.15) is 0 Å². The van der Waals surface area contributed by atoms with Crippen LogP contribution in [0.3, 0.4) is 0 Å². The summed E-state index contributed by atoms with van der Waals surface area (Å²) in [6, 6.07) is 6.86. The van der Waals surface area contributed by atoms with E-state index in [0.717, 1.165) is 6.08 Å². The Morgan fingerprint density at radius 3 is 1.50 bits per heavy atom. The summed E-state index contributed by atoms with van der Waals surface area (Å²) in [4.78, 5) is 0. The predicted molar refractivity (Wildman–Crippen MR) is 93.2 cm³/mol. The molecule has 0 saturated carbocycles. The molecule has 0 aliphatic carbocycles. The molecule has 1 rings (SSSR count). The third-order valence-corrected chi connectivity index (χ3v) is 7.73. The van der Waals surface area contributed by atoms with Crippen molar-refractivity contribution in [3.63, 3.8) is 0 Å². The van der Waals surface area contributed by atoms with Gasteiger partial charge >= 0.3 is 29.6 Å². The molecule has 1 atom stereocenters. The lowest BCUT2D eigenvalue weighted by Crippen LogP contribution is -2.74. The highest BCUT2D eigenvalue weighted by atomic mass is 28.3. The lowest BCUT2D eigenvalue weighted by atomic mass is 9.92. The van der Waals surface area contributed by atoms with E-state index < -0.39 is 56.3 Å². The van der Waals surface area contributed by atoms with E-state index in [-0.39, 0.29) is 5.56 Å². The Hall–Kier alpha value is -1.73. The number of rotatable bonds is 9. The van der Waals surface area contributed by atoms with Crippen molar-refractivity contribution in [1.29, 1.82) is 0 Å². The van der Waals surface area contributed by atoms with Gasteiger partial charge in [0.25, 0.3) is 5.55 Å². The van der Waals surface area contributed by atoms with Crippen LogP contribution in [-0.2, 0) is 0 Å². The molecule has 0 saturated heterocycles. The Labute approximate surface area is 175 Å². The van der Waals surface area contributed by atoms with Gasteiger partial charge in [0.05, 0.1) is 0 Å². The summed E-state index contributed by atoms with van der Waals surface area (Å²) in [7, 11) is -5.15. The van der Waals surface area contributed by atoms with E-state index in [1.807, 2.05) is 0 Å². The third-order valence-electron chi connectivity index (χ3n) is 4.80. The van der Waals surface area contributed by atoms with Crippen molar-refractivity contribution in [3.05, 3.63) is 41.6 Å². The second-order valence-electron chi connectivity index (χ2n) is 7.58. The van der Waals surface area contributed by atoms with E-state index >= 15 is 0 Å². The summed E-state index contributed by atoms with van der Waals surface area (Å²) in [6.45, 7) is 0.287. The van der Waals surface area contributed by atoms with Crippen LogP contribution < -0.4 is 0 Å². The lowest BCUT2D eigenvalue weighted by Gasteiger charge is -2.44. The monoisotopic (exact) mass is 508 g/mol. The molecule has 0 nitrogen and oxygen atoms in total. The van der Waals surface area contributed by atoms with Crippen molar-refractivity contribution < 1.29 is 57.1 Å². The molecule has 0 amide bonds. The summed E-state index contributed by atoms with van der Waals surface area (Å²) < 4.78 is 179. The summed E-state index contributed by atoms with van der Waals surface area (Å²) in [5.41, 5.74) is -5.53. The Morgan fingerprint density at radius 2 is 1.09 bits per heavy atom. The van der Waals surface area contributed by atoms with Crippen LogP contribution in [0.5, 0.6) is 0 Å². The van der Waals surface area contributed by atoms with Crippen LogP contribution in [0.1, 0.15) is 12.5 Å². The maximum atomic E-state index is 14.5. The third kappa shape index (κ3) is 4.02. The second-order valence-corrected chi connectivity index (χ2v) is 12.0. The van der Waals surface area contributed by atoms with Crippen LogP contribution >= 0.6 is 0 Å². The zero-order valence-electron chi connectivity index (χ0n) is 16.5. The van der Waals surface area contributed by atoms with Gasteiger partial charge in [-0.15, -0.1) is 0 Å². The Kier molecular flexibility index (Phi) is 7.29. The fraction of sp³-hybridized carbons (Fsp3) is 0.556. The second kappa shape index (κ2) is 8.24. The largest absolute Gasteiger partial charge is 0.384 e. The summed E-state index contributed by atoms with van der Waals surface area (Å²) >= 11 is 0. The summed E-state index contributed by atoms with van der Waals surface area (Å²) in [5, 5.41) is 0. The number of halogens is 13. The molecule has 0 aliphatic heterocycles. The quantitative estimate of drug-likeness (QED) is 0.237. The van der Waals surface area contributed by atoms with Gasteiger partial charge in [-0.1, -0.05) is 55.2 Å². The molecule has 0 radical (unpaired) electrons. The molecule has 1 aromatic rings. The standard InChI is InChI=1S/C18H17F13Si/c1-11(19)13(20,21)14(22,23)15(24,25)16(26,27)17(28,29)18(30,31)32(2,3)10-9-12-7-5-4-6-8-12/h4-11H,1-3H3. The highest BCUT2D eigenvalue weighted by molar-refractivity contribution is 6.85. The van der Waals surface area contributed by atoms with Crippen molar-refractivity contribution in [2.24, 2.45) is 0 Å². The fourth-order valence-electron chi connectivity index (χ4n) is 2.43. The SMILES string of the molecule is CC(F)C(F)(F)C(F)(F)C(F)(F)C(F)(F)C(F)(F)C(F)(F)[Si](C)(C)C=Cc1ccccc1. The van der Waals surface area contributed by atoms with Gasteiger partial charge in [-0.05, 0) is 12.5 Å². The van der Waals surface area contributed by atoms with Crippen LogP contribution in [0.2, 0.25) is 13.1 Å². The van der Waals surface area contributed by atoms with Gasteiger partial charge in [-0.2, -0.15) is 43.9 Å². The molecule has 32 heavy (non-hydrogen) atoms. The first-order chi connectivity index (χ1) is 14.0. The smallest absolute Gasteiger partial charge is 0.241 e. The highest BCUT2D eigenvalue weighted by Crippen LogP contribution is 2.61. The Morgan fingerprint density at radius 1 is 0.688 bits per heavy atom. The summed E-state index contributed by atoms with van der Waals surface area (Å²) in [6.07, 6.45) is -3.40. The number of hydrogen-bond acceptors (Lipinski definition) is 0. The zero-order chi connectivity index (χ0) is 25.6. The minimum absolute atomic E-state index is 0.132. The molecule has 0 bridgehead atoms. The van der Waals surface area contributed by atoms with E-state index in [1.165, 1.54) is 30.3 Å². The molecule has 184 valence electrons. The average Bonchev–Trinajstić information content (AvgIpc) is 2.66. The number of benzene rings is 1. The first kappa shape index (κ1) is 28.3. The molecular formula is C18H17F13Si. The van der Waals surface area contributed by atoms with Crippen molar-refractivity contribution in [2.75, 3.05) is 0 Å². The lowest BCUT2D eigenvalue weighted by molar-refractivity contribution is -0.421. The molecule has 0 fully saturated rings. The molecule has 1 aromatic carbocycles. The maximum Gasteiger partial charge on any atom is 0.384 e. The van der Waals surface area contributed by atoms with Crippen LogP contribution in [0.4, 0.5) is 57.1 Å². The van der Waals surface area contributed by atoms with E-state index in [0.29, 0.717) is 18.8 Å². The highest BCUT2D eigenvalue weighted by Gasteiger charge is 2.91. The molecule has 0 heterocycles. The molecule has 0 aliphatic rings. The minimum atomic E-state index is -7.76. The van der Waals surface area contributed by atoms with Gasteiger partial charge in [0, 0.05) is 0 Å². The summed E-state index contributed by atoms with van der Waals surface area (Å²) in [5.74, 6) is -36.7. The van der Waals surface area contributed by atoms with E-state index in [1.54, 1.807) is 0 Å². The zero-order valence-corrected chi connectivity index (χ0v) is 17.5. The van der Waals surface area contributed by atoms with Crippen LogP contribution in [0.15, 0.2) is 36.0 Å². The molecule has 0 spiro atoms. The van der Waals surface area contributed by atoms with Crippen LogP contribution in [0, 0.1) is 0 Å². The maximum absolute atomic E-state index is 14.5. The van der Waals surface area contributed by atoms with Gasteiger partial charge in [-0.3, -0.25) is 0 Å². The Balaban J connectivity index is 3.54. The first-order valence-electron chi connectivity index (χ1n) is 8.67. The topological polar surface area (TPSA) is 0 Å². The molecule has 0 N–H and O–H groups in total. The van der Waals surface area contributed by atoms with Crippen molar-refractivity contribution in [3.8, 4) is 0 Å². The van der Waals surface area contributed by atoms with Crippen molar-refractivity contribution in [2.45, 2.75) is 61.3 Å². The Bertz CT molecular complexity index is 813. The number of hydrogen-bond donors (Lipinski definition) is 0. The molecule has 0 aromatic heterocycles. The van der Waals surface area contributed by atoms with Gasteiger partial charge in [0.2, 0.25) is 0 Å². The van der Waals surface area contributed by atoms with E-state index in [2.05, 4.69) is 0 Å². The van der Waals surface area contributed by atoms with Gasteiger partial charge < -0.3 is 0 Å². The average molecular weight is 508 g/mol.